The molecule has 3 aromatic rings. The van der Waals surface area contributed by atoms with Gasteiger partial charge in [-0.15, -0.1) is 0 Å². The summed E-state index contributed by atoms with van der Waals surface area (Å²) < 4.78 is 0. The molecule has 1 aliphatic carbocycles. The van der Waals surface area contributed by atoms with Crippen LogP contribution in [-0.2, 0) is 0 Å². The van der Waals surface area contributed by atoms with E-state index in [9.17, 15) is 4.79 Å². The summed E-state index contributed by atoms with van der Waals surface area (Å²) in [6.45, 7) is 0.645. The number of aromatic nitrogens is 2. The lowest BCUT2D eigenvalue weighted by Gasteiger charge is -2.29. The van der Waals surface area contributed by atoms with Crippen molar-refractivity contribution < 1.29 is 4.79 Å². The SMILES string of the molecule is CN(C)c1nc(NC2CCC(CNC(=O)Nc3ccc(C#N)cc3)CC2)nc2ccccc12. The Morgan fingerprint density at radius 3 is 2.48 bits per heavy atom. The van der Waals surface area contributed by atoms with E-state index in [1.54, 1.807) is 24.3 Å². The standard InChI is InChI=1S/C25H29N7O/c1-32(2)23-21-5-3-4-6-22(21)30-24(31-23)28-19-13-9-18(10-14-19)16-27-25(33)29-20-11-7-17(15-26)8-12-20/h3-8,11-12,18-19H,9-10,13-14,16H2,1-2H3,(H2,27,29,33)(H,28,30,31). The Balaban J connectivity index is 1.26. The molecule has 0 atom stereocenters. The van der Waals surface area contributed by atoms with Crippen LogP contribution in [0.4, 0.5) is 22.2 Å². The Kier molecular flexibility index (Phi) is 6.89. The summed E-state index contributed by atoms with van der Waals surface area (Å²) in [6, 6.07) is 17.1. The van der Waals surface area contributed by atoms with E-state index >= 15 is 0 Å². The fourth-order valence-corrected chi connectivity index (χ4v) is 4.20. The molecule has 3 N–H and O–H groups in total. The molecule has 1 heterocycles. The van der Waals surface area contributed by atoms with Crippen LogP contribution in [0, 0.1) is 17.2 Å². The second-order valence-electron chi connectivity index (χ2n) is 8.67. The average Bonchev–Trinajstić information content (AvgIpc) is 2.83. The van der Waals surface area contributed by atoms with Crippen LogP contribution < -0.4 is 20.9 Å². The minimum Gasteiger partial charge on any atom is -0.362 e. The molecule has 1 aromatic heterocycles. The largest absolute Gasteiger partial charge is 0.362 e. The van der Waals surface area contributed by atoms with Crippen molar-refractivity contribution in [2.75, 3.05) is 36.2 Å². The Bertz CT molecular complexity index is 1150. The van der Waals surface area contributed by atoms with Gasteiger partial charge in [0.15, 0.2) is 0 Å². The van der Waals surface area contributed by atoms with Crippen LogP contribution in [0.5, 0.6) is 0 Å². The lowest BCUT2D eigenvalue weighted by Crippen LogP contribution is -2.36. The number of benzene rings is 2. The van der Waals surface area contributed by atoms with Crippen molar-refractivity contribution in [2.24, 2.45) is 5.92 Å². The summed E-state index contributed by atoms with van der Waals surface area (Å²) in [5.74, 6) is 2.03. The number of urea groups is 1. The molecule has 1 saturated carbocycles. The zero-order valence-electron chi connectivity index (χ0n) is 19.0. The van der Waals surface area contributed by atoms with Crippen LogP contribution in [0.3, 0.4) is 0 Å². The first-order valence-corrected chi connectivity index (χ1v) is 11.3. The van der Waals surface area contributed by atoms with E-state index in [1.165, 1.54) is 0 Å². The fraction of sp³-hybridized carbons (Fsp3) is 0.360. The van der Waals surface area contributed by atoms with Gasteiger partial charge in [0.1, 0.15) is 5.82 Å². The molecule has 4 rings (SSSR count). The van der Waals surface area contributed by atoms with Crippen LogP contribution >= 0.6 is 0 Å². The van der Waals surface area contributed by atoms with E-state index in [1.807, 2.05) is 43.3 Å². The monoisotopic (exact) mass is 443 g/mol. The van der Waals surface area contributed by atoms with Gasteiger partial charge in [0.05, 0.1) is 17.1 Å². The number of carbonyl (C=O) groups excluding carboxylic acids is 1. The van der Waals surface area contributed by atoms with E-state index in [0.717, 1.165) is 42.4 Å². The van der Waals surface area contributed by atoms with Crippen LogP contribution in [-0.4, -0.2) is 42.7 Å². The van der Waals surface area contributed by atoms with Gasteiger partial charge in [0, 0.05) is 37.8 Å². The van der Waals surface area contributed by atoms with Crippen LogP contribution in [0.15, 0.2) is 48.5 Å². The van der Waals surface area contributed by atoms with E-state index in [0.29, 0.717) is 35.7 Å². The third kappa shape index (κ3) is 5.69. The first-order chi connectivity index (χ1) is 16.0. The van der Waals surface area contributed by atoms with Gasteiger partial charge in [0.25, 0.3) is 0 Å². The molecule has 0 aliphatic heterocycles. The van der Waals surface area contributed by atoms with E-state index in [-0.39, 0.29) is 6.03 Å². The number of hydrogen-bond donors (Lipinski definition) is 3. The van der Waals surface area contributed by atoms with Gasteiger partial charge >= 0.3 is 6.03 Å². The van der Waals surface area contributed by atoms with Crippen molar-refractivity contribution in [2.45, 2.75) is 31.7 Å². The van der Waals surface area contributed by atoms with Crippen molar-refractivity contribution in [3.63, 3.8) is 0 Å². The summed E-state index contributed by atoms with van der Waals surface area (Å²) in [5.41, 5.74) is 2.18. The first kappa shape index (κ1) is 22.3. The van der Waals surface area contributed by atoms with Gasteiger partial charge in [0.2, 0.25) is 5.95 Å². The molecule has 8 heteroatoms. The molecule has 33 heavy (non-hydrogen) atoms. The van der Waals surface area contributed by atoms with Crippen LogP contribution in [0.25, 0.3) is 10.9 Å². The molecule has 0 unspecified atom stereocenters. The molecule has 8 nitrogen and oxygen atoms in total. The van der Waals surface area contributed by atoms with Crippen molar-refractivity contribution in [3.05, 3.63) is 54.1 Å². The van der Waals surface area contributed by atoms with Crippen LogP contribution in [0.2, 0.25) is 0 Å². The highest BCUT2D eigenvalue weighted by Crippen LogP contribution is 2.28. The molecular weight excluding hydrogens is 414 g/mol. The normalized spacial score (nSPS) is 17.7. The maximum absolute atomic E-state index is 12.2. The summed E-state index contributed by atoms with van der Waals surface area (Å²) in [7, 11) is 3.99. The topological polar surface area (TPSA) is 106 Å². The van der Waals surface area contributed by atoms with Crippen molar-refractivity contribution in [1.29, 1.82) is 5.26 Å². The first-order valence-electron chi connectivity index (χ1n) is 11.3. The van der Waals surface area contributed by atoms with Gasteiger partial charge in [-0.05, 0) is 68.0 Å². The molecular formula is C25H29N7O. The van der Waals surface area contributed by atoms with Crippen LogP contribution in [0.1, 0.15) is 31.2 Å². The number of hydrogen-bond acceptors (Lipinski definition) is 6. The predicted octanol–water partition coefficient (Wildman–Crippen LogP) is 4.36. The van der Waals surface area contributed by atoms with Gasteiger partial charge in [-0.1, -0.05) is 12.1 Å². The summed E-state index contributed by atoms with van der Waals surface area (Å²) in [5, 5.41) is 19.2. The third-order valence-corrected chi connectivity index (χ3v) is 6.01. The lowest BCUT2D eigenvalue weighted by molar-refractivity contribution is 0.246. The van der Waals surface area contributed by atoms with Crippen molar-refractivity contribution in [1.82, 2.24) is 15.3 Å². The number of rotatable bonds is 6. The number of nitrogens with zero attached hydrogens (tertiary/aromatic N) is 4. The predicted molar refractivity (Wildman–Crippen MR) is 131 cm³/mol. The number of fused-ring (bicyclic) bond motifs is 1. The molecule has 1 fully saturated rings. The molecule has 0 bridgehead atoms. The molecule has 170 valence electrons. The zero-order valence-corrected chi connectivity index (χ0v) is 19.0. The highest BCUT2D eigenvalue weighted by molar-refractivity contribution is 5.90. The maximum atomic E-state index is 12.2. The maximum Gasteiger partial charge on any atom is 0.319 e. The Morgan fingerprint density at radius 2 is 1.79 bits per heavy atom. The number of carbonyl (C=O) groups is 1. The molecule has 2 aromatic carbocycles. The molecule has 0 spiro atoms. The highest BCUT2D eigenvalue weighted by atomic mass is 16.2. The second kappa shape index (κ2) is 10.2. The summed E-state index contributed by atoms with van der Waals surface area (Å²) in [6.07, 6.45) is 4.08. The van der Waals surface area contributed by atoms with Crippen molar-refractivity contribution >= 4 is 34.4 Å². The number of para-hydroxylation sites is 1. The quantitative estimate of drug-likeness (QED) is 0.523. The van der Waals surface area contributed by atoms with Gasteiger partial charge in [-0.2, -0.15) is 10.2 Å². The molecule has 2 amide bonds. The highest BCUT2D eigenvalue weighted by Gasteiger charge is 2.22. The van der Waals surface area contributed by atoms with Gasteiger partial charge in [-0.25, -0.2) is 9.78 Å². The van der Waals surface area contributed by atoms with Gasteiger partial charge in [-0.3, -0.25) is 0 Å². The van der Waals surface area contributed by atoms with E-state index in [2.05, 4.69) is 22.0 Å². The Labute approximate surface area is 194 Å². The minimum atomic E-state index is -0.222. The summed E-state index contributed by atoms with van der Waals surface area (Å²) >= 11 is 0. The number of nitrogens with one attached hydrogen (secondary N) is 3. The number of anilines is 3. The zero-order chi connectivity index (χ0) is 23.2. The third-order valence-electron chi connectivity index (χ3n) is 6.01. The molecule has 0 radical (unpaired) electrons. The fourth-order valence-electron chi connectivity index (χ4n) is 4.20. The van der Waals surface area contributed by atoms with Gasteiger partial charge < -0.3 is 20.9 Å². The van der Waals surface area contributed by atoms with E-state index < -0.39 is 0 Å². The lowest BCUT2D eigenvalue weighted by atomic mass is 9.86. The smallest absolute Gasteiger partial charge is 0.319 e. The second-order valence-corrected chi connectivity index (χ2v) is 8.67. The summed E-state index contributed by atoms with van der Waals surface area (Å²) in [4.78, 5) is 23.7. The Morgan fingerprint density at radius 1 is 1.06 bits per heavy atom. The van der Waals surface area contributed by atoms with Crippen molar-refractivity contribution in [3.8, 4) is 6.07 Å². The Hall–Kier alpha value is -3.86. The number of nitriles is 1. The van der Waals surface area contributed by atoms with E-state index in [4.69, 9.17) is 15.2 Å². The average molecular weight is 444 g/mol. The minimum absolute atomic E-state index is 0.222. The molecule has 1 aliphatic rings. The number of amides is 2. The molecule has 0 saturated heterocycles.